The zero-order valence-corrected chi connectivity index (χ0v) is 15.9. The highest BCUT2D eigenvalue weighted by Crippen LogP contribution is 2.67. The normalized spacial score (nSPS) is 27.7. The highest BCUT2D eigenvalue weighted by atomic mass is 31.2. The lowest BCUT2D eigenvalue weighted by molar-refractivity contribution is -0.123. The van der Waals surface area contributed by atoms with E-state index < -0.39 is 7.14 Å². The Balaban J connectivity index is 2.56. The molecule has 1 aromatic rings. The zero-order valence-electron chi connectivity index (χ0n) is 15.0. The molecule has 0 amide bonds. The third-order valence-corrected chi connectivity index (χ3v) is 10.0. The van der Waals surface area contributed by atoms with E-state index in [1.165, 1.54) is 0 Å². The number of carbonyl (C=O) groups excluding carboxylic acids is 1. The maximum Gasteiger partial charge on any atom is 0.136 e. The minimum atomic E-state index is -2.75. The van der Waals surface area contributed by atoms with Crippen molar-refractivity contribution in [2.24, 2.45) is 11.8 Å². The van der Waals surface area contributed by atoms with E-state index in [2.05, 4.69) is 34.3 Å². The van der Waals surface area contributed by atoms with E-state index in [0.29, 0.717) is 12.8 Å². The summed E-state index contributed by atoms with van der Waals surface area (Å²) in [5, 5.41) is 0.551. The molecule has 1 aromatic carbocycles. The monoisotopic (exact) mass is 332 g/mol. The first-order valence-corrected chi connectivity index (χ1v) is 10.3. The van der Waals surface area contributed by atoms with Crippen molar-refractivity contribution >= 4 is 18.2 Å². The van der Waals surface area contributed by atoms with Gasteiger partial charge in [0, 0.05) is 28.5 Å². The summed E-state index contributed by atoms with van der Waals surface area (Å²) in [7, 11) is -2.75. The van der Waals surface area contributed by atoms with Crippen molar-refractivity contribution < 1.29 is 9.36 Å². The Bertz CT molecular complexity index is 639. The molecule has 0 spiro atoms. The number of allylic oxidation sites excluding steroid dienone is 1. The molecule has 0 radical (unpaired) electrons. The molecule has 23 heavy (non-hydrogen) atoms. The highest BCUT2D eigenvalue weighted by Gasteiger charge is 2.53. The van der Waals surface area contributed by atoms with Crippen molar-refractivity contribution in [2.75, 3.05) is 0 Å². The fourth-order valence-corrected chi connectivity index (χ4v) is 8.09. The van der Waals surface area contributed by atoms with Gasteiger partial charge in [-0.1, -0.05) is 77.1 Å². The van der Waals surface area contributed by atoms with Crippen molar-refractivity contribution in [3.63, 3.8) is 0 Å². The standard InChI is InChI=1S/C20H29O2P/c1-7-18(21)17-13-14(2)19(15(17)3)23(22,20(4,5)6)16-11-9-8-10-12-16/h8-12,15,17,19H,2,7,13H2,1,3-6H3/t15-,17-,19-,23?/m0/s1. The van der Waals surface area contributed by atoms with Crippen LogP contribution in [0.25, 0.3) is 0 Å². The summed E-state index contributed by atoms with van der Waals surface area (Å²) >= 11 is 0. The van der Waals surface area contributed by atoms with Gasteiger partial charge < -0.3 is 4.57 Å². The third-order valence-electron chi connectivity index (χ3n) is 5.32. The topological polar surface area (TPSA) is 34.1 Å². The highest BCUT2D eigenvalue weighted by molar-refractivity contribution is 7.74. The van der Waals surface area contributed by atoms with Crippen LogP contribution in [0.1, 0.15) is 47.5 Å². The molecule has 1 fully saturated rings. The first-order valence-electron chi connectivity index (χ1n) is 8.50. The van der Waals surface area contributed by atoms with E-state index >= 15 is 0 Å². The van der Waals surface area contributed by atoms with Crippen molar-refractivity contribution in [2.45, 2.75) is 58.3 Å². The summed E-state index contributed by atoms with van der Waals surface area (Å²) in [6, 6.07) is 9.80. The first-order chi connectivity index (χ1) is 10.6. The van der Waals surface area contributed by atoms with Gasteiger partial charge in [-0.15, -0.1) is 0 Å². The average Bonchev–Trinajstić information content (AvgIpc) is 2.80. The number of ketones is 1. The van der Waals surface area contributed by atoms with E-state index in [9.17, 15) is 9.36 Å². The third kappa shape index (κ3) is 2.98. The van der Waals surface area contributed by atoms with Crippen LogP contribution in [0.4, 0.5) is 0 Å². The van der Waals surface area contributed by atoms with Crippen LogP contribution in [-0.2, 0) is 9.36 Å². The van der Waals surface area contributed by atoms with Crippen LogP contribution in [0.5, 0.6) is 0 Å². The molecule has 1 aliphatic carbocycles. The molecule has 0 saturated heterocycles. The summed E-state index contributed by atoms with van der Waals surface area (Å²) in [6.07, 6.45) is 1.23. The van der Waals surface area contributed by atoms with Gasteiger partial charge >= 0.3 is 0 Å². The molecule has 3 heteroatoms. The zero-order chi connectivity index (χ0) is 17.4. The van der Waals surface area contributed by atoms with Crippen molar-refractivity contribution in [1.82, 2.24) is 0 Å². The molecule has 2 nitrogen and oxygen atoms in total. The van der Waals surface area contributed by atoms with E-state index in [-0.39, 0.29) is 28.4 Å². The second kappa shape index (κ2) is 6.40. The number of carbonyl (C=O) groups is 1. The van der Waals surface area contributed by atoms with Gasteiger partial charge in [0.05, 0.1) is 0 Å². The summed E-state index contributed by atoms with van der Waals surface area (Å²) < 4.78 is 14.3. The number of benzene rings is 1. The van der Waals surface area contributed by atoms with Crippen LogP contribution in [0.2, 0.25) is 0 Å². The van der Waals surface area contributed by atoms with Crippen molar-refractivity contribution in [3.05, 3.63) is 42.5 Å². The Kier molecular flexibility index (Phi) is 5.06. The number of hydrogen-bond acceptors (Lipinski definition) is 2. The molecule has 126 valence electrons. The van der Waals surface area contributed by atoms with Crippen molar-refractivity contribution in [1.29, 1.82) is 0 Å². The van der Waals surface area contributed by atoms with Gasteiger partial charge in [-0.05, 0) is 12.3 Å². The van der Waals surface area contributed by atoms with Gasteiger partial charge in [-0.2, -0.15) is 0 Å². The molecular formula is C20H29O2P. The van der Waals surface area contributed by atoms with Crippen LogP contribution in [-0.4, -0.2) is 16.6 Å². The van der Waals surface area contributed by atoms with Gasteiger partial charge in [0.15, 0.2) is 0 Å². The van der Waals surface area contributed by atoms with Crippen molar-refractivity contribution in [3.8, 4) is 0 Å². The lowest BCUT2D eigenvalue weighted by atomic mass is 9.92. The number of Topliss-reactive ketones (excluding diaryl/α,β-unsaturated/α-hetero) is 1. The number of rotatable bonds is 4. The van der Waals surface area contributed by atoms with Gasteiger partial charge in [0.1, 0.15) is 12.9 Å². The Morgan fingerprint density at radius 1 is 1.26 bits per heavy atom. The summed E-state index contributed by atoms with van der Waals surface area (Å²) in [4.78, 5) is 12.3. The average molecular weight is 332 g/mol. The largest absolute Gasteiger partial charge is 0.317 e. The molecule has 1 unspecified atom stereocenters. The first kappa shape index (κ1) is 18.2. The van der Waals surface area contributed by atoms with Crippen LogP contribution in [0.3, 0.4) is 0 Å². The minimum Gasteiger partial charge on any atom is -0.317 e. The molecular weight excluding hydrogens is 303 g/mol. The molecule has 0 aliphatic heterocycles. The Hall–Kier alpha value is -1.14. The molecule has 1 aliphatic rings. The smallest absolute Gasteiger partial charge is 0.136 e. The van der Waals surface area contributed by atoms with Gasteiger partial charge in [0.2, 0.25) is 0 Å². The summed E-state index contributed by atoms with van der Waals surface area (Å²) in [5.74, 6) is 0.326. The van der Waals surface area contributed by atoms with E-state index in [1.807, 2.05) is 37.3 Å². The second-order valence-corrected chi connectivity index (χ2v) is 11.5. The molecule has 4 atom stereocenters. The Labute approximate surface area is 140 Å². The van der Waals surface area contributed by atoms with Crippen LogP contribution >= 0.6 is 7.14 Å². The fraction of sp³-hybridized carbons (Fsp3) is 0.550. The summed E-state index contributed by atoms with van der Waals surface area (Å²) in [6.45, 7) is 14.4. The predicted molar refractivity (Wildman–Crippen MR) is 98.9 cm³/mol. The fourth-order valence-electron chi connectivity index (χ4n) is 4.05. The Morgan fingerprint density at radius 2 is 1.83 bits per heavy atom. The molecule has 1 saturated carbocycles. The molecule has 0 N–H and O–H groups in total. The SMILES string of the molecule is C=C1C[C@H](C(=O)CC)[C@H](C)[C@H]1P(=O)(c1ccccc1)C(C)(C)C. The minimum absolute atomic E-state index is 0.0307. The Morgan fingerprint density at radius 3 is 2.30 bits per heavy atom. The molecule has 0 heterocycles. The van der Waals surface area contributed by atoms with E-state index in [1.54, 1.807) is 0 Å². The van der Waals surface area contributed by atoms with Gasteiger partial charge in [0.25, 0.3) is 0 Å². The molecule has 0 aromatic heterocycles. The maximum atomic E-state index is 14.3. The van der Waals surface area contributed by atoms with Gasteiger partial charge in [-0.25, -0.2) is 0 Å². The van der Waals surface area contributed by atoms with Crippen LogP contribution in [0, 0.1) is 11.8 Å². The molecule has 0 bridgehead atoms. The predicted octanol–water partition coefficient (Wildman–Crippen LogP) is 5.03. The quantitative estimate of drug-likeness (QED) is 0.572. The van der Waals surface area contributed by atoms with E-state index in [0.717, 1.165) is 10.9 Å². The number of hydrogen-bond donors (Lipinski definition) is 0. The molecule has 2 rings (SSSR count). The van der Waals surface area contributed by atoms with Crippen LogP contribution in [0.15, 0.2) is 42.5 Å². The van der Waals surface area contributed by atoms with E-state index in [4.69, 9.17) is 0 Å². The van der Waals surface area contributed by atoms with Crippen LogP contribution < -0.4 is 5.30 Å². The lowest BCUT2D eigenvalue weighted by Gasteiger charge is -2.39. The maximum absolute atomic E-state index is 14.3. The van der Waals surface area contributed by atoms with Gasteiger partial charge in [-0.3, -0.25) is 4.79 Å². The summed E-state index contributed by atoms with van der Waals surface area (Å²) in [5.41, 5.74) is 0.886. The lowest BCUT2D eigenvalue weighted by Crippen LogP contribution is -2.34. The second-order valence-electron chi connectivity index (χ2n) is 7.76.